The van der Waals surface area contributed by atoms with E-state index in [0.29, 0.717) is 32.4 Å². The summed E-state index contributed by atoms with van der Waals surface area (Å²) in [5.74, 6) is -0.512. The van der Waals surface area contributed by atoms with E-state index in [1.807, 2.05) is 68.4 Å². The molecule has 1 aromatic heterocycles. The van der Waals surface area contributed by atoms with Crippen LogP contribution >= 0.6 is 0 Å². The van der Waals surface area contributed by atoms with Crippen molar-refractivity contribution in [3.63, 3.8) is 0 Å². The van der Waals surface area contributed by atoms with Gasteiger partial charge in [-0.05, 0) is 36.0 Å². The molecule has 2 aromatic carbocycles. The summed E-state index contributed by atoms with van der Waals surface area (Å²) in [6, 6.07) is 16.4. The van der Waals surface area contributed by atoms with Crippen molar-refractivity contribution in [3.8, 4) is 0 Å². The normalized spacial score (nSPS) is 15.8. The SMILES string of the molecule is CC(C)[C@H](N)C(=O)NCCCCCC(=O)N1Cc2[nH]c3ccccc3c2C[C@H]1C(=O)OCc1ccccc1. The van der Waals surface area contributed by atoms with E-state index in [4.69, 9.17) is 10.5 Å². The molecular formula is C30H38N4O4. The highest BCUT2D eigenvalue weighted by Crippen LogP contribution is 2.31. The van der Waals surface area contributed by atoms with Crippen molar-refractivity contribution in [3.05, 3.63) is 71.4 Å². The smallest absolute Gasteiger partial charge is 0.329 e. The molecule has 38 heavy (non-hydrogen) atoms. The van der Waals surface area contributed by atoms with E-state index in [0.717, 1.165) is 40.6 Å². The van der Waals surface area contributed by atoms with E-state index in [1.54, 1.807) is 4.90 Å². The van der Waals surface area contributed by atoms with E-state index in [9.17, 15) is 14.4 Å². The summed E-state index contributed by atoms with van der Waals surface area (Å²) >= 11 is 0. The fourth-order valence-electron chi connectivity index (χ4n) is 4.86. The number of para-hydroxylation sites is 1. The Labute approximate surface area is 223 Å². The molecule has 4 N–H and O–H groups in total. The topological polar surface area (TPSA) is 118 Å². The third-order valence-electron chi connectivity index (χ3n) is 7.21. The van der Waals surface area contributed by atoms with E-state index in [-0.39, 0.29) is 30.3 Å². The first-order chi connectivity index (χ1) is 18.3. The van der Waals surface area contributed by atoms with Gasteiger partial charge in [-0.15, -0.1) is 0 Å². The number of ether oxygens (including phenoxy) is 1. The Morgan fingerprint density at radius 1 is 1.05 bits per heavy atom. The van der Waals surface area contributed by atoms with Crippen molar-refractivity contribution in [2.75, 3.05) is 6.54 Å². The summed E-state index contributed by atoms with van der Waals surface area (Å²) in [6.45, 7) is 4.88. The van der Waals surface area contributed by atoms with Crippen molar-refractivity contribution < 1.29 is 19.1 Å². The first kappa shape index (κ1) is 27.4. The molecule has 0 radical (unpaired) electrons. The van der Waals surface area contributed by atoms with Crippen LogP contribution in [-0.2, 0) is 38.7 Å². The quantitative estimate of drug-likeness (QED) is 0.263. The second kappa shape index (κ2) is 12.7. The lowest BCUT2D eigenvalue weighted by atomic mass is 9.96. The Bertz CT molecular complexity index is 1250. The molecule has 2 amide bonds. The number of aromatic amines is 1. The number of hydrogen-bond acceptors (Lipinski definition) is 5. The van der Waals surface area contributed by atoms with E-state index in [2.05, 4.69) is 10.3 Å². The van der Waals surface area contributed by atoms with Crippen LogP contribution in [0.3, 0.4) is 0 Å². The molecule has 8 heteroatoms. The van der Waals surface area contributed by atoms with Crippen LogP contribution in [0.25, 0.3) is 10.9 Å². The molecule has 8 nitrogen and oxygen atoms in total. The molecule has 1 aliphatic heterocycles. The molecule has 0 unspecified atom stereocenters. The molecule has 2 atom stereocenters. The van der Waals surface area contributed by atoms with Gasteiger partial charge in [-0.2, -0.15) is 0 Å². The van der Waals surface area contributed by atoms with E-state index >= 15 is 0 Å². The summed E-state index contributed by atoms with van der Waals surface area (Å²) in [4.78, 5) is 43.7. The van der Waals surface area contributed by atoms with Crippen LogP contribution < -0.4 is 11.1 Å². The lowest BCUT2D eigenvalue weighted by Crippen LogP contribution is -2.49. The number of benzene rings is 2. The van der Waals surface area contributed by atoms with Gasteiger partial charge in [0, 0.05) is 36.0 Å². The molecule has 0 bridgehead atoms. The highest BCUT2D eigenvalue weighted by Gasteiger charge is 2.37. The Hall–Kier alpha value is -3.65. The van der Waals surface area contributed by atoms with Gasteiger partial charge >= 0.3 is 5.97 Å². The molecule has 0 spiro atoms. The van der Waals surface area contributed by atoms with Crippen LogP contribution in [0.15, 0.2) is 54.6 Å². The van der Waals surface area contributed by atoms with Crippen LogP contribution in [0, 0.1) is 5.92 Å². The number of nitrogens with two attached hydrogens (primary N) is 1. The van der Waals surface area contributed by atoms with Crippen LogP contribution in [0.2, 0.25) is 0 Å². The highest BCUT2D eigenvalue weighted by atomic mass is 16.5. The van der Waals surface area contributed by atoms with Crippen LogP contribution in [0.4, 0.5) is 0 Å². The molecule has 0 fully saturated rings. The number of unbranched alkanes of at least 4 members (excludes halogenated alkanes) is 2. The molecule has 0 saturated heterocycles. The molecule has 2 heterocycles. The summed E-state index contributed by atoms with van der Waals surface area (Å²) < 4.78 is 5.67. The average molecular weight is 519 g/mol. The van der Waals surface area contributed by atoms with Crippen molar-refractivity contribution in [1.82, 2.24) is 15.2 Å². The lowest BCUT2D eigenvalue weighted by Gasteiger charge is -2.34. The number of aromatic nitrogens is 1. The molecule has 0 aliphatic carbocycles. The molecule has 202 valence electrons. The number of nitrogens with zero attached hydrogens (tertiary/aromatic N) is 1. The van der Waals surface area contributed by atoms with Gasteiger partial charge in [-0.25, -0.2) is 4.79 Å². The standard InChI is InChI=1S/C30H38N4O4/c1-20(2)28(31)29(36)32-16-10-4-7-15-27(35)34-18-25-23(22-13-8-9-14-24(22)33-25)17-26(34)30(37)38-19-21-11-5-3-6-12-21/h3,5-6,8-9,11-14,20,26,28,33H,4,7,10,15-19,31H2,1-2H3,(H,32,36)/t26-,28-/m0/s1. The maximum atomic E-state index is 13.3. The second-order valence-electron chi connectivity index (χ2n) is 10.3. The van der Waals surface area contributed by atoms with Crippen LogP contribution in [-0.4, -0.2) is 46.3 Å². The van der Waals surface area contributed by atoms with Gasteiger partial charge in [0.15, 0.2) is 0 Å². The minimum atomic E-state index is -0.672. The zero-order valence-corrected chi connectivity index (χ0v) is 22.2. The number of amides is 2. The Morgan fingerprint density at radius 3 is 2.55 bits per heavy atom. The fourth-order valence-corrected chi connectivity index (χ4v) is 4.86. The first-order valence-corrected chi connectivity index (χ1v) is 13.5. The summed E-state index contributed by atoms with van der Waals surface area (Å²) in [7, 11) is 0. The predicted molar refractivity (Wildman–Crippen MR) is 147 cm³/mol. The Balaban J connectivity index is 1.37. The van der Waals surface area contributed by atoms with Crippen molar-refractivity contribution >= 4 is 28.7 Å². The van der Waals surface area contributed by atoms with Gasteiger partial charge in [-0.1, -0.05) is 68.8 Å². The van der Waals surface area contributed by atoms with Gasteiger partial charge < -0.3 is 25.7 Å². The number of hydrogen-bond donors (Lipinski definition) is 3. The molecule has 4 rings (SSSR count). The van der Waals surface area contributed by atoms with E-state index in [1.165, 1.54) is 0 Å². The Morgan fingerprint density at radius 2 is 1.79 bits per heavy atom. The summed E-state index contributed by atoms with van der Waals surface area (Å²) in [5.41, 5.74) is 9.82. The van der Waals surface area contributed by atoms with Crippen molar-refractivity contribution in [2.45, 2.75) is 71.2 Å². The number of H-pyrrole nitrogens is 1. The van der Waals surface area contributed by atoms with Gasteiger partial charge in [0.25, 0.3) is 0 Å². The first-order valence-electron chi connectivity index (χ1n) is 13.5. The number of carbonyl (C=O) groups is 3. The third kappa shape index (κ3) is 6.61. The largest absolute Gasteiger partial charge is 0.459 e. The maximum Gasteiger partial charge on any atom is 0.329 e. The second-order valence-corrected chi connectivity index (χ2v) is 10.3. The number of nitrogens with one attached hydrogen (secondary N) is 2. The van der Waals surface area contributed by atoms with Gasteiger partial charge in [0.2, 0.25) is 11.8 Å². The summed E-state index contributed by atoms with van der Waals surface area (Å²) in [6.07, 6.45) is 2.97. The average Bonchev–Trinajstić information content (AvgIpc) is 3.30. The zero-order chi connectivity index (χ0) is 27.1. The summed E-state index contributed by atoms with van der Waals surface area (Å²) in [5, 5.41) is 3.94. The number of rotatable bonds is 11. The molecule has 0 saturated carbocycles. The number of fused-ring (bicyclic) bond motifs is 3. The van der Waals surface area contributed by atoms with Crippen LogP contribution in [0.1, 0.15) is 56.4 Å². The van der Waals surface area contributed by atoms with Gasteiger partial charge in [0.05, 0.1) is 12.6 Å². The minimum absolute atomic E-state index is 0.0677. The van der Waals surface area contributed by atoms with Gasteiger partial charge in [0.1, 0.15) is 12.6 Å². The van der Waals surface area contributed by atoms with E-state index < -0.39 is 12.1 Å². The number of carbonyl (C=O) groups excluding carboxylic acids is 3. The Kier molecular flexibility index (Phi) is 9.18. The monoisotopic (exact) mass is 518 g/mol. The highest BCUT2D eigenvalue weighted by molar-refractivity contribution is 5.89. The fraction of sp³-hybridized carbons (Fsp3) is 0.433. The van der Waals surface area contributed by atoms with Crippen molar-refractivity contribution in [2.24, 2.45) is 11.7 Å². The zero-order valence-electron chi connectivity index (χ0n) is 22.2. The molecule has 3 aromatic rings. The van der Waals surface area contributed by atoms with Crippen LogP contribution in [0.5, 0.6) is 0 Å². The molecular weight excluding hydrogens is 480 g/mol. The third-order valence-corrected chi connectivity index (χ3v) is 7.21. The number of esters is 1. The minimum Gasteiger partial charge on any atom is -0.459 e. The maximum absolute atomic E-state index is 13.3. The lowest BCUT2D eigenvalue weighted by molar-refractivity contribution is -0.157. The predicted octanol–water partition coefficient (Wildman–Crippen LogP) is 3.82. The van der Waals surface area contributed by atoms with Crippen molar-refractivity contribution in [1.29, 1.82) is 0 Å². The van der Waals surface area contributed by atoms with Gasteiger partial charge in [-0.3, -0.25) is 9.59 Å². The molecule has 1 aliphatic rings.